The summed E-state index contributed by atoms with van der Waals surface area (Å²) in [6, 6.07) is 4.84. The van der Waals surface area contributed by atoms with Gasteiger partial charge in [-0.3, -0.25) is 14.5 Å². The van der Waals surface area contributed by atoms with E-state index >= 15 is 0 Å². The Balaban J connectivity index is 1.69. The van der Waals surface area contributed by atoms with Gasteiger partial charge in [0.2, 0.25) is 0 Å². The van der Waals surface area contributed by atoms with E-state index < -0.39 is 17.8 Å². The van der Waals surface area contributed by atoms with Gasteiger partial charge >= 0.3 is 17.8 Å². The highest BCUT2D eigenvalue weighted by atomic mass is 32.1. The van der Waals surface area contributed by atoms with E-state index in [1.54, 1.807) is 24.3 Å². The fraction of sp³-hybridized carbons (Fsp3) is 0.286. The Labute approximate surface area is 130 Å². The number of nitrogens with zero attached hydrogens (tertiary/aromatic N) is 3. The number of hydrogen-bond donors (Lipinski definition) is 0. The summed E-state index contributed by atoms with van der Waals surface area (Å²) in [5.74, 6) is -1.25. The molecule has 1 aliphatic rings. The van der Waals surface area contributed by atoms with E-state index in [2.05, 4.69) is 5.16 Å². The van der Waals surface area contributed by atoms with Crippen molar-refractivity contribution in [2.45, 2.75) is 19.9 Å². The Kier molecular flexibility index (Phi) is 3.76. The van der Waals surface area contributed by atoms with Crippen LogP contribution in [-0.2, 0) is 22.6 Å². The Morgan fingerprint density at radius 3 is 2.64 bits per heavy atom. The van der Waals surface area contributed by atoms with Crippen LogP contribution in [-0.4, -0.2) is 39.3 Å². The second kappa shape index (κ2) is 5.72. The minimum absolute atomic E-state index is 0.0836. The van der Waals surface area contributed by atoms with Gasteiger partial charge in [-0.15, -0.1) is 11.3 Å². The van der Waals surface area contributed by atoms with Gasteiger partial charge in [-0.25, -0.2) is 9.69 Å². The Hall–Kier alpha value is -2.48. The lowest BCUT2D eigenvalue weighted by Gasteiger charge is -2.13. The van der Waals surface area contributed by atoms with E-state index in [0.29, 0.717) is 17.9 Å². The number of aryl methyl sites for hydroxylation is 1. The summed E-state index contributed by atoms with van der Waals surface area (Å²) in [6.45, 7) is 1.84. The maximum absolute atomic E-state index is 12.2. The molecular weight excluding hydrogens is 306 g/mol. The molecular formula is C14H13N3O4S. The predicted molar refractivity (Wildman–Crippen MR) is 76.9 cm³/mol. The number of thiophene rings is 1. The second-order valence-corrected chi connectivity index (χ2v) is 5.93. The lowest BCUT2D eigenvalue weighted by atomic mass is 10.3. The quantitative estimate of drug-likeness (QED) is 0.617. The van der Waals surface area contributed by atoms with Gasteiger partial charge in [0.05, 0.1) is 12.2 Å². The van der Waals surface area contributed by atoms with E-state index in [9.17, 15) is 14.4 Å². The van der Waals surface area contributed by atoms with Crippen molar-refractivity contribution in [3.63, 3.8) is 0 Å². The first-order valence-corrected chi connectivity index (χ1v) is 7.56. The molecule has 3 heterocycles. The molecule has 0 aromatic carbocycles. The van der Waals surface area contributed by atoms with Crippen molar-refractivity contribution in [3.05, 3.63) is 39.9 Å². The molecule has 1 fully saturated rings. The molecule has 0 bridgehead atoms. The minimum Gasteiger partial charge on any atom is -0.359 e. The molecule has 1 saturated heterocycles. The van der Waals surface area contributed by atoms with E-state index in [4.69, 9.17) is 4.52 Å². The monoisotopic (exact) mass is 319 g/mol. The molecule has 0 unspecified atom stereocenters. The summed E-state index contributed by atoms with van der Waals surface area (Å²) in [7, 11) is 0. The predicted octanol–water partition coefficient (Wildman–Crippen LogP) is 1.58. The van der Waals surface area contributed by atoms with Gasteiger partial charge in [0, 0.05) is 23.9 Å². The van der Waals surface area contributed by atoms with Crippen LogP contribution in [0.4, 0.5) is 4.79 Å². The molecule has 7 nitrogen and oxygen atoms in total. The fourth-order valence-corrected chi connectivity index (χ4v) is 2.91. The van der Waals surface area contributed by atoms with E-state index in [-0.39, 0.29) is 13.1 Å². The van der Waals surface area contributed by atoms with Crippen molar-refractivity contribution in [3.8, 4) is 0 Å². The van der Waals surface area contributed by atoms with Crippen LogP contribution in [0, 0.1) is 6.92 Å². The summed E-state index contributed by atoms with van der Waals surface area (Å²) in [5.41, 5.74) is 0.648. The average molecular weight is 319 g/mol. The Bertz CT molecular complexity index is 722. The maximum atomic E-state index is 12.2. The second-order valence-electron chi connectivity index (χ2n) is 4.89. The van der Waals surface area contributed by atoms with E-state index in [1.165, 1.54) is 0 Å². The number of rotatable bonds is 5. The van der Waals surface area contributed by atoms with Gasteiger partial charge in [-0.05, 0) is 18.4 Å². The molecule has 4 amide bonds. The summed E-state index contributed by atoms with van der Waals surface area (Å²) in [6.07, 6.45) is 0.539. The van der Waals surface area contributed by atoms with Gasteiger partial charge in [0.1, 0.15) is 0 Å². The summed E-state index contributed by atoms with van der Waals surface area (Å²) < 4.78 is 4.99. The van der Waals surface area contributed by atoms with Gasteiger partial charge in [-0.2, -0.15) is 0 Å². The largest absolute Gasteiger partial charge is 0.359 e. The summed E-state index contributed by atoms with van der Waals surface area (Å²) in [5, 5.41) is 5.62. The number of carbonyl (C=O) groups excluding carboxylic acids is 3. The number of amides is 4. The standard InChI is InChI=1S/C14H13N3O4S/c1-9-7-10(21-15-9)8-17-13(19)12(18)16(14(17)20)5-4-11-3-2-6-22-11/h2-3,6-7H,4-5,8H2,1H3. The minimum atomic E-state index is -0.828. The van der Waals surface area contributed by atoms with Gasteiger partial charge < -0.3 is 4.52 Å². The average Bonchev–Trinajstić information content (AvgIpc) is 3.18. The van der Waals surface area contributed by atoms with Crippen molar-refractivity contribution < 1.29 is 18.9 Å². The van der Waals surface area contributed by atoms with Crippen molar-refractivity contribution in [2.75, 3.05) is 6.54 Å². The molecule has 0 saturated carbocycles. The lowest BCUT2D eigenvalue weighted by Crippen LogP contribution is -2.34. The van der Waals surface area contributed by atoms with Crippen molar-refractivity contribution >= 4 is 29.2 Å². The Morgan fingerprint density at radius 2 is 2.00 bits per heavy atom. The number of urea groups is 1. The molecule has 0 spiro atoms. The number of imide groups is 2. The zero-order valence-corrected chi connectivity index (χ0v) is 12.6. The van der Waals surface area contributed by atoms with E-state index in [0.717, 1.165) is 14.7 Å². The number of aromatic nitrogens is 1. The molecule has 0 aliphatic carbocycles. The normalized spacial score (nSPS) is 15.2. The van der Waals surface area contributed by atoms with E-state index in [1.807, 2.05) is 17.5 Å². The third-order valence-corrected chi connectivity index (χ3v) is 4.22. The zero-order chi connectivity index (χ0) is 15.7. The highest BCUT2D eigenvalue weighted by Crippen LogP contribution is 2.18. The van der Waals surface area contributed by atoms with Crippen LogP contribution in [0.2, 0.25) is 0 Å². The zero-order valence-electron chi connectivity index (χ0n) is 11.8. The first-order chi connectivity index (χ1) is 10.6. The van der Waals surface area contributed by atoms with Crippen LogP contribution < -0.4 is 0 Å². The van der Waals surface area contributed by atoms with Crippen LogP contribution in [0.15, 0.2) is 28.1 Å². The topological polar surface area (TPSA) is 83.7 Å². The highest BCUT2D eigenvalue weighted by molar-refractivity contribution is 7.09. The molecule has 0 atom stereocenters. The molecule has 22 heavy (non-hydrogen) atoms. The van der Waals surface area contributed by atoms with Crippen molar-refractivity contribution in [2.24, 2.45) is 0 Å². The smallest absolute Gasteiger partial charge is 0.334 e. The summed E-state index contributed by atoms with van der Waals surface area (Å²) in [4.78, 5) is 39.1. The van der Waals surface area contributed by atoms with Crippen molar-refractivity contribution in [1.29, 1.82) is 0 Å². The molecule has 114 valence electrons. The summed E-state index contributed by atoms with van der Waals surface area (Å²) >= 11 is 1.54. The van der Waals surface area contributed by atoms with Gasteiger partial charge in [-0.1, -0.05) is 11.2 Å². The van der Waals surface area contributed by atoms with Crippen LogP contribution in [0.25, 0.3) is 0 Å². The number of hydrogen-bond acceptors (Lipinski definition) is 6. The molecule has 2 aromatic rings. The Morgan fingerprint density at radius 1 is 1.23 bits per heavy atom. The van der Waals surface area contributed by atoms with Gasteiger partial charge in [0.25, 0.3) is 0 Å². The highest BCUT2D eigenvalue weighted by Gasteiger charge is 2.44. The number of carbonyl (C=O) groups is 3. The SMILES string of the molecule is Cc1cc(CN2C(=O)C(=O)N(CCc3cccs3)C2=O)on1. The molecule has 1 aliphatic heterocycles. The molecule has 8 heteroatoms. The van der Waals surface area contributed by atoms with Gasteiger partial charge in [0.15, 0.2) is 5.76 Å². The van der Waals surface area contributed by atoms with Crippen LogP contribution in [0.1, 0.15) is 16.3 Å². The molecule has 0 radical (unpaired) electrons. The van der Waals surface area contributed by atoms with Crippen LogP contribution in [0.5, 0.6) is 0 Å². The van der Waals surface area contributed by atoms with Crippen LogP contribution in [0.3, 0.4) is 0 Å². The van der Waals surface area contributed by atoms with Crippen LogP contribution >= 0.6 is 11.3 Å². The third kappa shape index (κ3) is 2.64. The molecule has 0 N–H and O–H groups in total. The first-order valence-electron chi connectivity index (χ1n) is 6.68. The molecule has 3 rings (SSSR count). The fourth-order valence-electron chi connectivity index (χ4n) is 2.21. The maximum Gasteiger partial charge on any atom is 0.334 e. The molecule has 2 aromatic heterocycles. The van der Waals surface area contributed by atoms with Crippen molar-refractivity contribution in [1.82, 2.24) is 15.0 Å². The third-order valence-electron chi connectivity index (χ3n) is 3.29. The lowest BCUT2D eigenvalue weighted by molar-refractivity contribution is -0.143. The first kappa shape index (κ1) is 14.5.